The SMILES string of the molecule is COc1ccc2c(=O)c(-c3ccc(O)cc3OC)coc2c1. The molecular formula is C17H14O5. The molecule has 22 heavy (non-hydrogen) atoms. The Morgan fingerprint density at radius 3 is 2.55 bits per heavy atom. The van der Waals surface area contributed by atoms with Gasteiger partial charge in [0.2, 0.25) is 5.43 Å². The molecule has 0 aliphatic heterocycles. The number of benzene rings is 2. The van der Waals surface area contributed by atoms with E-state index in [0.29, 0.717) is 33.6 Å². The van der Waals surface area contributed by atoms with Crippen molar-refractivity contribution in [1.82, 2.24) is 0 Å². The standard InChI is InChI=1S/C17H14O5/c1-20-11-4-6-13-16(8-11)22-9-14(17(13)19)12-5-3-10(18)7-15(12)21-2/h3-9,18H,1-2H3. The second-order valence-electron chi connectivity index (χ2n) is 4.73. The summed E-state index contributed by atoms with van der Waals surface area (Å²) in [6, 6.07) is 9.60. The molecule has 0 saturated carbocycles. The third-order valence-corrected chi connectivity index (χ3v) is 3.46. The van der Waals surface area contributed by atoms with E-state index in [1.54, 1.807) is 31.4 Å². The quantitative estimate of drug-likeness (QED) is 0.804. The number of methoxy groups -OCH3 is 2. The molecule has 5 heteroatoms. The Bertz CT molecular complexity index is 895. The first-order valence-electron chi connectivity index (χ1n) is 6.61. The lowest BCUT2D eigenvalue weighted by Crippen LogP contribution is -2.05. The lowest BCUT2D eigenvalue weighted by Gasteiger charge is -2.09. The smallest absolute Gasteiger partial charge is 0.200 e. The fourth-order valence-corrected chi connectivity index (χ4v) is 2.32. The van der Waals surface area contributed by atoms with Gasteiger partial charge in [-0.2, -0.15) is 0 Å². The summed E-state index contributed by atoms with van der Waals surface area (Å²) in [6.45, 7) is 0. The molecule has 1 N–H and O–H groups in total. The maximum atomic E-state index is 12.7. The maximum Gasteiger partial charge on any atom is 0.200 e. The molecule has 1 aromatic heterocycles. The molecule has 0 atom stereocenters. The van der Waals surface area contributed by atoms with Gasteiger partial charge in [-0.05, 0) is 24.3 Å². The summed E-state index contributed by atoms with van der Waals surface area (Å²) in [7, 11) is 3.03. The summed E-state index contributed by atoms with van der Waals surface area (Å²) in [5, 5.41) is 9.97. The van der Waals surface area contributed by atoms with Crippen LogP contribution in [0.2, 0.25) is 0 Å². The van der Waals surface area contributed by atoms with Gasteiger partial charge < -0.3 is 19.0 Å². The summed E-state index contributed by atoms with van der Waals surface area (Å²) in [4.78, 5) is 12.7. The summed E-state index contributed by atoms with van der Waals surface area (Å²) >= 11 is 0. The number of ether oxygens (including phenoxy) is 2. The van der Waals surface area contributed by atoms with Gasteiger partial charge in [0.05, 0.1) is 25.2 Å². The molecule has 3 rings (SSSR count). The van der Waals surface area contributed by atoms with Gasteiger partial charge in [0.25, 0.3) is 0 Å². The topological polar surface area (TPSA) is 68.9 Å². The van der Waals surface area contributed by atoms with Crippen LogP contribution in [0.1, 0.15) is 0 Å². The molecule has 1 heterocycles. The van der Waals surface area contributed by atoms with Crippen molar-refractivity contribution >= 4 is 11.0 Å². The van der Waals surface area contributed by atoms with E-state index >= 15 is 0 Å². The number of aromatic hydroxyl groups is 1. The molecule has 0 aliphatic rings. The first kappa shape index (κ1) is 14.0. The van der Waals surface area contributed by atoms with Crippen LogP contribution in [0.25, 0.3) is 22.1 Å². The van der Waals surface area contributed by atoms with Crippen LogP contribution in [0.4, 0.5) is 0 Å². The molecule has 112 valence electrons. The highest BCUT2D eigenvalue weighted by Gasteiger charge is 2.14. The van der Waals surface area contributed by atoms with E-state index in [1.165, 1.54) is 25.5 Å². The molecule has 3 aromatic rings. The maximum absolute atomic E-state index is 12.7. The van der Waals surface area contributed by atoms with Crippen LogP contribution in [0.15, 0.2) is 51.9 Å². The predicted molar refractivity (Wildman–Crippen MR) is 82.7 cm³/mol. The Kier molecular flexibility index (Phi) is 3.47. The van der Waals surface area contributed by atoms with Crippen LogP contribution in [0.5, 0.6) is 17.2 Å². The predicted octanol–water partition coefficient (Wildman–Crippen LogP) is 3.18. The first-order chi connectivity index (χ1) is 10.6. The fraction of sp³-hybridized carbons (Fsp3) is 0.118. The van der Waals surface area contributed by atoms with Crippen molar-refractivity contribution in [3.05, 3.63) is 52.9 Å². The van der Waals surface area contributed by atoms with Gasteiger partial charge in [0, 0.05) is 17.7 Å². The summed E-state index contributed by atoms with van der Waals surface area (Å²) in [6.07, 6.45) is 1.39. The lowest BCUT2D eigenvalue weighted by molar-refractivity contribution is 0.409. The molecule has 0 spiro atoms. The minimum absolute atomic E-state index is 0.0653. The Balaban J connectivity index is 2.25. The zero-order valence-electron chi connectivity index (χ0n) is 12.1. The second-order valence-corrected chi connectivity index (χ2v) is 4.73. The van der Waals surface area contributed by atoms with Gasteiger partial charge in [0.15, 0.2) is 0 Å². The van der Waals surface area contributed by atoms with Gasteiger partial charge in [-0.25, -0.2) is 0 Å². The Hall–Kier alpha value is -2.95. The largest absolute Gasteiger partial charge is 0.508 e. The summed E-state index contributed by atoms with van der Waals surface area (Å²) in [5.74, 6) is 1.08. The van der Waals surface area contributed by atoms with Crippen LogP contribution in [-0.2, 0) is 0 Å². The molecule has 5 nitrogen and oxygen atoms in total. The molecule has 0 amide bonds. The van der Waals surface area contributed by atoms with Crippen molar-refractivity contribution in [1.29, 1.82) is 0 Å². The molecule has 0 saturated heterocycles. The number of fused-ring (bicyclic) bond motifs is 1. The lowest BCUT2D eigenvalue weighted by atomic mass is 10.0. The Labute approximate surface area is 126 Å². The van der Waals surface area contributed by atoms with E-state index in [0.717, 1.165) is 0 Å². The van der Waals surface area contributed by atoms with E-state index in [-0.39, 0.29) is 11.2 Å². The first-order valence-corrected chi connectivity index (χ1v) is 6.61. The van der Waals surface area contributed by atoms with E-state index in [4.69, 9.17) is 13.9 Å². The average Bonchev–Trinajstić information content (AvgIpc) is 2.55. The molecule has 0 radical (unpaired) electrons. The highest BCUT2D eigenvalue weighted by Crippen LogP contribution is 2.32. The van der Waals surface area contributed by atoms with Crippen molar-refractivity contribution in [2.75, 3.05) is 14.2 Å². The molecule has 0 bridgehead atoms. The zero-order chi connectivity index (χ0) is 15.7. The highest BCUT2D eigenvalue weighted by atomic mass is 16.5. The minimum Gasteiger partial charge on any atom is -0.508 e. The molecule has 2 aromatic carbocycles. The second kappa shape index (κ2) is 5.44. The Morgan fingerprint density at radius 1 is 1.00 bits per heavy atom. The fourth-order valence-electron chi connectivity index (χ4n) is 2.32. The van der Waals surface area contributed by atoms with Crippen molar-refractivity contribution in [3.8, 4) is 28.4 Å². The number of hydrogen-bond acceptors (Lipinski definition) is 5. The molecular weight excluding hydrogens is 284 g/mol. The van der Waals surface area contributed by atoms with Gasteiger partial charge in [-0.1, -0.05) is 0 Å². The van der Waals surface area contributed by atoms with Crippen molar-refractivity contribution in [2.45, 2.75) is 0 Å². The molecule has 0 unspecified atom stereocenters. The van der Waals surface area contributed by atoms with E-state index in [9.17, 15) is 9.90 Å². The van der Waals surface area contributed by atoms with E-state index in [2.05, 4.69) is 0 Å². The van der Waals surface area contributed by atoms with Gasteiger partial charge in [-0.3, -0.25) is 4.79 Å². The minimum atomic E-state index is -0.173. The monoisotopic (exact) mass is 298 g/mol. The Morgan fingerprint density at radius 2 is 1.82 bits per heavy atom. The number of phenols is 1. The summed E-state index contributed by atoms with van der Waals surface area (Å²) in [5.41, 5.74) is 1.21. The van der Waals surface area contributed by atoms with Crippen LogP contribution in [-0.4, -0.2) is 19.3 Å². The normalized spacial score (nSPS) is 10.6. The van der Waals surface area contributed by atoms with Crippen molar-refractivity contribution in [3.63, 3.8) is 0 Å². The average molecular weight is 298 g/mol. The number of phenolic OH excluding ortho intramolecular Hbond substituents is 1. The third-order valence-electron chi connectivity index (χ3n) is 3.46. The molecule has 0 aliphatic carbocycles. The van der Waals surface area contributed by atoms with Crippen LogP contribution in [0.3, 0.4) is 0 Å². The molecule has 0 fully saturated rings. The number of rotatable bonds is 3. The van der Waals surface area contributed by atoms with Crippen molar-refractivity contribution in [2.24, 2.45) is 0 Å². The highest BCUT2D eigenvalue weighted by molar-refractivity contribution is 5.84. The van der Waals surface area contributed by atoms with Crippen LogP contribution >= 0.6 is 0 Å². The number of hydrogen-bond donors (Lipinski definition) is 1. The van der Waals surface area contributed by atoms with Crippen molar-refractivity contribution < 1.29 is 19.0 Å². The zero-order valence-corrected chi connectivity index (χ0v) is 12.1. The van der Waals surface area contributed by atoms with Crippen LogP contribution in [0, 0.1) is 0 Å². The third kappa shape index (κ3) is 2.26. The summed E-state index contributed by atoms with van der Waals surface area (Å²) < 4.78 is 15.9. The van der Waals surface area contributed by atoms with E-state index in [1.807, 2.05) is 0 Å². The van der Waals surface area contributed by atoms with E-state index < -0.39 is 0 Å². The van der Waals surface area contributed by atoms with Gasteiger partial charge in [-0.15, -0.1) is 0 Å². The van der Waals surface area contributed by atoms with Gasteiger partial charge in [0.1, 0.15) is 29.1 Å². The van der Waals surface area contributed by atoms with Gasteiger partial charge >= 0.3 is 0 Å². The van der Waals surface area contributed by atoms with Crippen LogP contribution < -0.4 is 14.9 Å².